The first-order valence-corrected chi connectivity index (χ1v) is 9.31. The van der Waals surface area contributed by atoms with Crippen molar-refractivity contribution >= 4 is 23.2 Å². The standard InChI is InChI=1S/C23H22N2O3/c1-14-11-15(2)21(16(3)12-14)22(26)24-18-7-6-17-8-9-25(19(17)13-18)23(27)20-5-4-10-28-20/h4-7,10-13H,8-9H2,1-3H3,(H,24,26). The van der Waals surface area contributed by atoms with Crippen LogP contribution in [0.15, 0.2) is 53.1 Å². The van der Waals surface area contributed by atoms with Gasteiger partial charge in [0.2, 0.25) is 0 Å². The van der Waals surface area contributed by atoms with Crippen molar-refractivity contribution in [1.29, 1.82) is 0 Å². The molecule has 1 aromatic heterocycles. The van der Waals surface area contributed by atoms with E-state index in [-0.39, 0.29) is 11.8 Å². The first kappa shape index (κ1) is 18.0. The van der Waals surface area contributed by atoms with Gasteiger partial charge in [-0.1, -0.05) is 23.8 Å². The summed E-state index contributed by atoms with van der Waals surface area (Å²) in [6.07, 6.45) is 2.28. The minimum Gasteiger partial charge on any atom is -0.459 e. The summed E-state index contributed by atoms with van der Waals surface area (Å²) < 4.78 is 5.25. The van der Waals surface area contributed by atoms with Crippen molar-refractivity contribution in [3.63, 3.8) is 0 Å². The average Bonchev–Trinajstić information content (AvgIpc) is 3.30. The number of benzene rings is 2. The molecule has 1 N–H and O–H groups in total. The zero-order valence-corrected chi connectivity index (χ0v) is 16.2. The molecule has 4 rings (SSSR count). The van der Waals surface area contributed by atoms with Gasteiger partial charge in [0, 0.05) is 23.5 Å². The Hall–Kier alpha value is -3.34. The molecule has 0 saturated carbocycles. The van der Waals surface area contributed by atoms with Crippen LogP contribution < -0.4 is 10.2 Å². The van der Waals surface area contributed by atoms with E-state index in [1.54, 1.807) is 17.0 Å². The number of furan rings is 1. The molecule has 2 amide bonds. The molecule has 1 aliphatic heterocycles. The fourth-order valence-corrected chi connectivity index (χ4v) is 3.93. The highest BCUT2D eigenvalue weighted by molar-refractivity contribution is 6.08. The molecule has 0 aliphatic carbocycles. The van der Waals surface area contributed by atoms with Gasteiger partial charge in [-0.3, -0.25) is 9.59 Å². The van der Waals surface area contributed by atoms with Crippen molar-refractivity contribution in [3.05, 3.63) is 82.3 Å². The van der Waals surface area contributed by atoms with Crippen LogP contribution in [0, 0.1) is 20.8 Å². The Morgan fingerprint density at radius 1 is 1.04 bits per heavy atom. The molecule has 5 heteroatoms. The number of aryl methyl sites for hydroxylation is 3. The van der Waals surface area contributed by atoms with Crippen LogP contribution in [0.4, 0.5) is 11.4 Å². The monoisotopic (exact) mass is 374 g/mol. The predicted octanol–water partition coefficient (Wildman–Crippen LogP) is 4.66. The molecule has 2 heterocycles. The number of nitrogens with zero attached hydrogens (tertiary/aromatic N) is 1. The van der Waals surface area contributed by atoms with Gasteiger partial charge in [-0.2, -0.15) is 0 Å². The van der Waals surface area contributed by atoms with Crippen molar-refractivity contribution in [1.82, 2.24) is 0 Å². The van der Waals surface area contributed by atoms with Crippen LogP contribution in [-0.2, 0) is 6.42 Å². The summed E-state index contributed by atoms with van der Waals surface area (Å²) in [5, 5.41) is 2.98. The summed E-state index contributed by atoms with van der Waals surface area (Å²) in [5.41, 5.74) is 6.29. The van der Waals surface area contributed by atoms with Crippen molar-refractivity contribution in [3.8, 4) is 0 Å². The maximum absolute atomic E-state index is 12.9. The summed E-state index contributed by atoms with van der Waals surface area (Å²) in [6.45, 7) is 6.51. The smallest absolute Gasteiger partial charge is 0.293 e. The lowest BCUT2D eigenvalue weighted by Crippen LogP contribution is -2.28. The number of carbonyl (C=O) groups excluding carboxylic acids is 2. The fraction of sp³-hybridized carbons (Fsp3) is 0.217. The molecule has 28 heavy (non-hydrogen) atoms. The molecule has 0 fully saturated rings. The third-order valence-electron chi connectivity index (χ3n) is 5.12. The zero-order valence-electron chi connectivity index (χ0n) is 16.2. The number of nitrogens with one attached hydrogen (secondary N) is 1. The highest BCUT2D eigenvalue weighted by Crippen LogP contribution is 2.32. The normalized spacial score (nSPS) is 12.8. The number of carbonyl (C=O) groups is 2. The van der Waals surface area contributed by atoms with Gasteiger partial charge >= 0.3 is 0 Å². The van der Waals surface area contributed by atoms with Gasteiger partial charge in [0.1, 0.15) is 0 Å². The van der Waals surface area contributed by atoms with Gasteiger partial charge in [0.25, 0.3) is 11.8 Å². The molecule has 142 valence electrons. The van der Waals surface area contributed by atoms with Crippen LogP contribution in [0.3, 0.4) is 0 Å². The number of anilines is 2. The molecule has 0 atom stereocenters. The van der Waals surface area contributed by atoms with E-state index in [2.05, 4.69) is 5.32 Å². The summed E-state index contributed by atoms with van der Waals surface area (Å²) >= 11 is 0. The third-order valence-corrected chi connectivity index (χ3v) is 5.12. The van der Waals surface area contributed by atoms with E-state index in [9.17, 15) is 9.59 Å². The lowest BCUT2D eigenvalue weighted by atomic mass is 9.99. The highest BCUT2D eigenvalue weighted by atomic mass is 16.3. The van der Waals surface area contributed by atoms with E-state index in [4.69, 9.17) is 4.42 Å². The molecule has 1 aliphatic rings. The van der Waals surface area contributed by atoms with Crippen molar-refractivity contribution in [2.75, 3.05) is 16.8 Å². The van der Waals surface area contributed by atoms with Crippen molar-refractivity contribution < 1.29 is 14.0 Å². The highest BCUT2D eigenvalue weighted by Gasteiger charge is 2.27. The van der Waals surface area contributed by atoms with E-state index in [1.807, 2.05) is 51.1 Å². The molecule has 3 aromatic rings. The number of hydrogen-bond donors (Lipinski definition) is 1. The van der Waals surface area contributed by atoms with Crippen LogP contribution in [0.2, 0.25) is 0 Å². The van der Waals surface area contributed by atoms with Gasteiger partial charge in [0.05, 0.1) is 6.26 Å². The Balaban J connectivity index is 1.61. The molecular formula is C23H22N2O3. The Labute approximate surface area is 164 Å². The van der Waals surface area contributed by atoms with E-state index in [0.717, 1.165) is 34.4 Å². The Kier molecular flexibility index (Phi) is 4.51. The summed E-state index contributed by atoms with van der Waals surface area (Å²) in [6, 6.07) is 13.1. The lowest BCUT2D eigenvalue weighted by Gasteiger charge is -2.17. The van der Waals surface area contributed by atoms with Crippen molar-refractivity contribution in [2.45, 2.75) is 27.2 Å². The second kappa shape index (κ2) is 7.00. The van der Waals surface area contributed by atoms with Gasteiger partial charge in [-0.05, 0) is 68.1 Å². The number of fused-ring (bicyclic) bond motifs is 1. The van der Waals surface area contributed by atoms with Gasteiger partial charge in [0.15, 0.2) is 5.76 Å². The van der Waals surface area contributed by atoms with Crippen LogP contribution in [0.25, 0.3) is 0 Å². The van der Waals surface area contributed by atoms with E-state index >= 15 is 0 Å². The van der Waals surface area contributed by atoms with Crippen LogP contribution >= 0.6 is 0 Å². The first-order chi connectivity index (χ1) is 13.4. The second-order valence-corrected chi connectivity index (χ2v) is 7.26. The predicted molar refractivity (Wildman–Crippen MR) is 109 cm³/mol. The molecule has 0 spiro atoms. The number of hydrogen-bond acceptors (Lipinski definition) is 3. The first-order valence-electron chi connectivity index (χ1n) is 9.31. The maximum Gasteiger partial charge on any atom is 0.293 e. The third kappa shape index (κ3) is 3.20. The van der Waals surface area contributed by atoms with Crippen LogP contribution in [0.1, 0.15) is 43.2 Å². The van der Waals surface area contributed by atoms with E-state index in [0.29, 0.717) is 23.6 Å². The number of amides is 2. The average molecular weight is 374 g/mol. The van der Waals surface area contributed by atoms with Gasteiger partial charge in [-0.15, -0.1) is 0 Å². The second-order valence-electron chi connectivity index (χ2n) is 7.26. The fourth-order valence-electron chi connectivity index (χ4n) is 3.93. The minimum atomic E-state index is -0.169. The molecule has 0 unspecified atom stereocenters. The lowest BCUT2D eigenvalue weighted by molar-refractivity contribution is 0.0962. The van der Waals surface area contributed by atoms with Crippen molar-refractivity contribution in [2.24, 2.45) is 0 Å². The maximum atomic E-state index is 12.9. The largest absolute Gasteiger partial charge is 0.459 e. The minimum absolute atomic E-state index is 0.142. The summed E-state index contributed by atoms with van der Waals surface area (Å²) in [5.74, 6) is 0.00232. The molecular weight excluding hydrogens is 352 g/mol. The van der Waals surface area contributed by atoms with Gasteiger partial charge in [-0.25, -0.2) is 0 Å². The van der Waals surface area contributed by atoms with Gasteiger partial charge < -0.3 is 14.6 Å². The Morgan fingerprint density at radius 3 is 2.46 bits per heavy atom. The molecule has 0 bridgehead atoms. The molecule has 2 aromatic carbocycles. The molecule has 0 radical (unpaired) electrons. The Morgan fingerprint density at radius 2 is 1.79 bits per heavy atom. The quantitative estimate of drug-likeness (QED) is 0.725. The van der Waals surface area contributed by atoms with Crippen LogP contribution in [0.5, 0.6) is 0 Å². The van der Waals surface area contributed by atoms with E-state index < -0.39 is 0 Å². The SMILES string of the molecule is Cc1cc(C)c(C(=O)Nc2ccc3c(c2)N(C(=O)c2ccco2)CC3)c(C)c1. The summed E-state index contributed by atoms with van der Waals surface area (Å²) in [7, 11) is 0. The van der Waals surface area contributed by atoms with Crippen LogP contribution in [-0.4, -0.2) is 18.4 Å². The topological polar surface area (TPSA) is 62.6 Å². The molecule has 5 nitrogen and oxygen atoms in total. The zero-order chi connectivity index (χ0) is 19.8. The Bertz CT molecular complexity index is 1040. The summed E-state index contributed by atoms with van der Waals surface area (Å²) in [4.78, 5) is 27.3. The van der Waals surface area contributed by atoms with E-state index in [1.165, 1.54) is 6.26 Å². The molecule has 0 saturated heterocycles. The number of rotatable bonds is 3.